The van der Waals surface area contributed by atoms with E-state index >= 15 is 0 Å². The van der Waals surface area contributed by atoms with Crippen LogP contribution in [0.4, 0.5) is 5.69 Å². The van der Waals surface area contributed by atoms with Gasteiger partial charge < -0.3 is 11.1 Å². The van der Waals surface area contributed by atoms with Crippen LogP contribution in [0.3, 0.4) is 0 Å². The number of aliphatic imine (C=N–C) groups is 1. The van der Waals surface area contributed by atoms with Crippen LogP contribution < -0.4 is 11.1 Å². The van der Waals surface area contributed by atoms with Crippen LogP contribution in [0.2, 0.25) is 0 Å². The lowest BCUT2D eigenvalue weighted by Gasteiger charge is -2.07. The van der Waals surface area contributed by atoms with Crippen LogP contribution >= 0.6 is 24.0 Å². The first-order chi connectivity index (χ1) is 8.22. The Morgan fingerprint density at radius 3 is 2.78 bits per heavy atom. The van der Waals surface area contributed by atoms with Crippen molar-refractivity contribution in [3.63, 3.8) is 0 Å². The molecule has 3 N–H and O–H groups in total. The van der Waals surface area contributed by atoms with Crippen molar-refractivity contribution in [2.45, 2.75) is 38.6 Å². The minimum absolute atomic E-state index is 0. The number of rotatable bonds is 2. The number of halogens is 1. The van der Waals surface area contributed by atoms with Gasteiger partial charge in [0.1, 0.15) is 0 Å². The Kier molecular flexibility index (Phi) is 4.14. The van der Waals surface area contributed by atoms with Gasteiger partial charge in [0, 0.05) is 5.69 Å². The Morgan fingerprint density at radius 2 is 2.06 bits per heavy atom. The van der Waals surface area contributed by atoms with E-state index in [-0.39, 0.29) is 24.0 Å². The van der Waals surface area contributed by atoms with Crippen molar-refractivity contribution in [1.82, 2.24) is 0 Å². The number of nitrogens with one attached hydrogen (secondary N) is 1. The molecule has 2 aliphatic rings. The highest BCUT2D eigenvalue weighted by Gasteiger charge is 2.32. The first kappa shape index (κ1) is 13.6. The van der Waals surface area contributed by atoms with Crippen molar-refractivity contribution in [1.29, 1.82) is 0 Å². The van der Waals surface area contributed by atoms with Gasteiger partial charge in [0.05, 0.1) is 6.04 Å². The molecule has 0 aliphatic heterocycles. The van der Waals surface area contributed by atoms with Gasteiger partial charge in [-0.1, -0.05) is 13.0 Å². The molecule has 3 rings (SSSR count). The number of nitrogens with two attached hydrogens (primary N) is 1. The fraction of sp³-hybridized carbons (Fsp3) is 0.500. The second-order valence-electron chi connectivity index (χ2n) is 5.26. The fourth-order valence-corrected chi connectivity index (χ4v) is 2.49. The normalized spacial score (nSPS) is 25.3. The minimum atomic E-state index is 0. The Bertz CT molecular complexity index is 470. The molecule has 0 aromatic heterocycles. The maximum absolute atomic E-state index is 5.89. The molecule has 0 heterocycles. The predicted molar refractivity (Wildman–Crippen MR) is 86.7 cm³/mol. The van der Waals surface area contributed by atoms with Crippen molar-refractivity contribution in [3.05, 3.63) is 29.3 Å². The van der Waals surface area contributed by atoms with E-state index in [1.54, 1.807) is 0 Å². The predicted octanol–water partition coefficient (Wildman–Crippen LogP) is 2.93. The van der Waals surface area contributed by atoms with E-state index in [0.717, 1.165) is 5.69 Å². The lowest BCUT2D eigenvalue weighted by molar-refractivity contribution is 0.893. The maximum Gasteiger partial charge on any atom is 0.193 e. The molecule has 0 amide bonds. The van der Waals surface area contributed by atoms with Crippen LogP contribution in [0.25, 0.3) is 0 Å². The molecule has 1 aromatic carbocycles. The van der Waals surface area contributed by atoms with Crippen molar-refractivity contribution in [2.24, 2.45) is 16.6 Å². The molecule has 0 bridgehead atoms. The van der Waals surface area contributed by atoms with Crippen LogP contribution in [0, 0.1) is 5.92 Å². The number of hydrogen-bond acceptors (Lipinski definition) is 1. The Balaban J connectivity index is 0.00000120. The minimum Gasteiger partial charge on any atom is -0.370 e. The molecule has 2 unspecified atom stereocenters. The summed E-state index contributed by atoms with van der Waals surface area (Å²) >= 11 is 0. The smallest absolute Gasteiger partial charge is 0.193 e. The molecule has 0 radical (unpaired) electrons. The Labute approximate surface area is 125 Å². The third-order valence-electron chi connectivity index (χ3n) is 3.74. The Morgan fingerprint density at radius 1 is 1.33 bits per heavy atom. The molecule has 3 nitrogen and oxygen atoms in total. The van der Waals surface area contributed by atoms with Crippen LogP contribution in [-0.4, -0.2) is 12.0 Å². The summed E-state index contributed by atoms with van der Waals surface area (Å²) in [4.78, 5) is 4.44. The number of benzene rings is 1. The summed E-state index contributed by atoms with van der Waals surface area (Å²) in [6, 6.07) is 6.96. The molecule has 18 heavy (non-hydrogen) atoms. The number of guanidine groups is 1. The maximum atomic E-state index is 5.89. The van der Waals surface area contributed by atoms with E-state index in [2.05, 4.69) is 35.4 Å². The molecule has 1 aromatic rings. The Hall–Kier alpha value is -0.780. The van der Waals surface area contributed by atoms with Gasteiger partial charge in [-0.2, -0.15) is 0 Å². The van der Waals surface area contributed by atoms with Gasteiger partial charge >= 0.3 is 0 Å². The standard InChI is InChI=1S/C14H19N3.HI/c1-9-7-13(9)17-14(15)16-12-6-5-10-3-2-4-11(10)8-12;/h5-6,8-9,13H,2-4,7H2,1H3,(H3,15,16,17);1H. The summed E-state index contributed by atoms with van der Waals surface area (Å²) in [7, 11) is 0. The van der Waals surface area contributed by atoms with E-state index < -0.39 is 0 Å². The average molecular weight is 357 g/mol. The van der Waals surface area contributed by atoms with Gasteiger partial charge in [-0.3, -0.25) is 0 Å². The van der Waals surface area contributed by atoms with Crippen LogP contribution in [0.1, 0.15) is 30.9 Å². The van der Waals surface area contributed by atoms with E-state index in [0.29, 0.717) is 17.9 Å². The first-order valence-electron chi connectivity index (χ1n) is 6.44. The second-order valence-corrected chi connectivity index (χ2v) is 5.26. The molecule has 1 fully saturated rings. The van der Waals surface area contributed by atoms with E-state index in [1.165, 1.54) is 36.8 Å². The van der Waals surface area contributed by atoms with E-state index in [4.69, 9.17) is 5.73 Å². The van der Waals surface area contributed by atoms with Crippen molar-refractivity contribution in [3.8, 4) is 0 Å². The molecular weight excluding hydrogens is 337 g/mol. The van der Waals surface area contributed by atoms with Gasteiger partial charge in [0.15, 0.2) is 5.96 Å². The summed E-state index contributed by atoms with van der Waals surface area (Å²) in [6.07, 6.45) is 4.87. The van der Waals surface area contributed by atoms with Gasteiger partial charge in [-0.05, 0) is 54.9 Å². The second kappa shape index (κ2) is 5.47. The van der Waals surface area contributed by atoms with Gasteiger partial charge in [-0.25, -0.2) is 4.99 Å². The molecule has 4 heteroatoms. The average Bonchev–Trinajstić information content (AvgIpc) is 2.79. The molecule has 0 saturated heterocycles. The zero-order valence-corrected chi connectivity index (χ0v) is 13.0. The summed E-state index contributed by atoms with van der Waals surface area (Å²) < 4.78 is 0. The van der Waals surface area contributed by atoms with Crippen LogP contribution in [0.5, 0.6) is 0 Å². The van der Waals surface area contributed by atoms with Crippen LogP contribution in [-0.2, 0) is 12.8 Å². The summed E-state index contributed by atoms with van der Waals surface area (Å²) in [5, 5.41) is 3.19. The van der Waals surface area contributed by atoms with E-state index in [1.807, 2.05) is 0 Å². The van der Waals surface area contributed by atoms with Crippen molar-refractivity contribution >= 4 is 35.6 Å². The lowest BCUT2D eigenvalue weighted by Crippen LogP contribution is -2.23. The zero-order valence-electron chi connectivity index (χ0n) is 10.6. The highest BCUT2D eigenvalue weighted by molar-refractivity contribution is 14.0. The highest BCUT2D eigenvalue weighted by Crippen LogP contribution is 2.32. The number of hydrogen-bond donors (Lipinski definition) is 2. The molecule has 2 atom stereocenters. The summed E-state index contributed by atoms with van der Waals surface area (Å²) in [6.45, 7) is 2.21. The molecular formula is C14H20IN3. The monoisotopic (exact) mass is 357 g/mol. The van der Waals surface area contributed by atoms with Crippen LogP contribution in [0.15, 0.2) is 23.2 Å². The zero-order chi connectivity index (χ0) is 11.8. The topological polar surface area (TPSA) is 50.4 Å². The quantitative estimate of drug-likeness (QED) is 0.486. The van der Waals surface area contributed by atoms with E-state index in [9.17, 15) is 0 Å². The largest absolute Gasteiger partial charge is 0.370 e. The third kappa shape index (κ3) is 2.96. The van der Waals surface area contributed by atoms with Gasteiger partial charge in [0.25, 0.3) is 0 Å². The van der Waals surface area contributed by atoms with Gasteiger partial charge in [0.2, 0.25) is 0 Å². The molecule has 2 aliphatic carbocycles. The number of anilines is 1. The summed E-state index contributed by atoms with van der Waals surface area (Å²) in [5.41, 5.74) is 9.91. The number of aryl methyl sites for hydroxylation is 2. The third-order valence-corrected chi connectivity index (χ3v) is 3.74. The SMILES string of the molecule is CC1CC1N=C(N)Nc1ccc2c(c1)CCC2.I. The summed E-state index contributed by atoms with van der Waals surface area (Å²) in [5.74, 6) is 1.26. The molecule has 1 saturated carbocycles. The first-order valence-corrected chi connectivity index (χ1v) is 6.44. The molecule has 98 valence electrons. The fourth-order valence-electron chi connectivity index (χ4n) is 2.49. The van der Waals surface area contributed by atoms with Crippen molar-refractivity contribution in [2.75, 3.05) is 5.32 Å². The number of fused-ring (bicyclic) bond motifs is 1. The van der Waals surface area contributed by atoms with Crippen molar-refractivity contribution < 1.29 is 0 Å². The van der Waals surface area contributed by atoms with Gasteiger partial charge in [-0.15, -0.1) is 24.0 Å². The molecule has 0 spiro atoms. The number of nitrogens with zero attached hydrogens (tertiary/aromatic N) is 1. The highest BCUT2D eigenvalue weighted by atomic mass is 127. The lowest BCUT2D eigenvalue weighted by atomic mass is 10.1.